The van der Waals surface area contributed by atoms with Gasteiger partial charge in [-0.25, -0.2) is 0 Å². The SMILES string of the molecule is CCCC(O)CNCC(N)C(=O)O. The van der Waals surface area contributed by atoms with Gasteiger partial charge >= 0.3 is 5.97 Å². The van der Waals surface area contributed by atoms with E-state index >= 15 is 0 Å². The summed E-state index contributed by atoms with van der Waals surface area (Å²) in [5.74, 6) is -1.03. The van der Waals surface area contributed by atoms with Crippen LogP contribution < -0.4 is 11.1 Å². The van der Waals surface area contributed by atoms with Crippen molar-refractivity contribution < 1.29 is 15.0 Å². The first-order valence-corrected chi connectivity index (χ1v) is 4.45. The van der Waals surface area contributed by atoms with Gasteiger partial charge in [0.15, 0.2) is 0 Å². The molecular weight excluding hydrogens is 172 g/mol. The Morgan fingerprint density at radius 2 is 2.15 bits per heavy atom. The number of rotatable bonds is 7. The summed E-state index contributed by atoms with van der Waals surface area (Å²) in [6, 6.07) is -0.895. The van der Waals surface area contributed by atoms with Crippen LogP contribution in [0.1, 0.15) is 19.8 Å². The molecule has 0 amide bonds. The zero-order valence-corrected chi connectivity index (χ0v) is 7.86. The summed E-state index contributed by atoms with van der Waals surface area (Å²) >= 11 is 0. The molecule has 0 rings (SSSR count). The maximum atomic E-state index is 10.3. The molecule has 0 aromatic carbocycles. The van der Waals surface area contributed by atoms with E-state index in [4.69, 9.17) is 10.8 Å². The Hall–Kier alpha value is -0.650. The van der Waals surface area contributed by atoms with E-state index in [2.05, 4.69) is 5.32 Å². The van der Waals surface area contributed by atoms with Gasteiger partial charge in [-0.15, -0.1) is 0 Å². The lowest BCUT2D eigenvalue weighted by Gasteiger charge is -2.12. The lowest BCUT2D eigenvalue weighted by molar-refractivity contribution is -0.138. The third-order valence-corrected chi connectivity index (χ3v) is 1.68. The fourth-order valence-corrected chi connectivity index (χ4v) is 0.928. The monoisotopic (exact) mass is 190 g/mol. The standard InChI is InChI=1S/C8H18N2O3/c1-2-3-6(11)4-10-5-7(9)8(12)13/h6-7,10-11H,2-5,9H2,1H3,(H,12,13). The van der Waals surface area contributed by atoms with Crippen LogP contribution in [0.3, 0.4) is 0 Å². The van der Waals surface area contributed by atoms with Crippen LogP contribution >= 0.6 is 0 Å². The van der Waals surface area contributed by atoms with Gasteiger partial charge in [-0.1, -0.05) is 13.3 Å². The van der Waals surface area contributed by atoms with Crippen molar-refractivity contribution >= 4 is 5.97 Å². The Kier molecular flexibility index (Phi) is 6.48. The van der Waals surface area contributed by atoms with Gasteiger partial charge < -0.3 is 21.3 Å². The molecule has 0 saturated heterocycles. The van der Waals surface area contributed by atoms with E-state index in [1.54, 1.807) is 0 Å². The topological polar surface area (TPSA) is 95.6 Å². The molecular formula is C8H18N2O3. The number of carboxylic acids is 1. The fraction of sp³-hybridized carbons (Fsp3) is 0.875. The third-order valence-electron chi connectivity index (χ3n) is 1.68. The van der Waals surface area contributed by atoms with Crippen LogP contribution in [0.2, 0.25) is 0 Å². The van der Waals surface area contributed by atoms with Crippen LogP contribution in [0.5, 0.6) is 0 Å². The van der Waals surface area contributed by atoms with Crippen molar-refractivity contribution in [2.45, 2.75) is 31.9 Å². The molecule has 2 atom stereocenters. The minimum Gasteiger partial charge on any atom is -0.480 e. The number of hydrogen-bond acceptors (Lipinski definition) is 4. The second-order valence-corrected chi connectivity index (χ2v) is 3.05. The van der Waals surface area contributed by atoms with Crippen LogP contribution in [0, 0.1) is 0 Å². The van der Waals surface area contributed by atoms with E-state index in [9.17, 15) is 9.90 Å². The lowest BCUT2D eigenvalue weighted by Crippen LogP contribution is -2.42. The van der Waals surface area contributed by atoms with Crippen LogP contribution in [-0.2, 0) is 4.79 Å². The highest BCUT2D eigenvalue weighted by Crippen LogP contribution is 1.93. The molecule has 0 radical (unpaired) electrons. The minimum absolute atomic E-state index is 0.191. The van der Waals surface area contributed by atoms with E-state index in [0.29, 0.717) is 6.54 Å². The lowest BCUT2D eigenvalue weighted by atomic mass is 10.2. The third kappa shape index (κ3) is 6.51. The van der Waals surface area contributed by atoms with Gasteiger partial charge in [0, 0.05) is 13.1 Å². The Labute approximate surface area is 77.9 Å². The van der Waals surface area contributed by atoms with Crippen molar-refractivity contribution in [2.75, 3.05) is 13.1 Å². The number of carbonyl (C=O) groups is 1. The van der Waals surface area contributed by atoms with Crippen molar-refractivity contribution in [1.29, 1.82) is 0 Å². The van der Waals surface area contributed by atoms with Gasteiger partial charge in [-0.05, 0) is 6.42 Å². The summed E-state index contributed by atoms with van der Waals surface area (Å²) in [5.41, 5.74) is 5.23. The van der Waals surface area contributed by atoms with Crippen molar-refractivity contribution in [1.82, 2.24) is 5.32 Å². The Morgan fingerprint density at radius 3 is 2.62 bits per heavy atom. The van der Waals surface area contributed by atoms with E-state index in [-0.39, 0.29) is 6.54 Å². The van der Waals surface area contributed by atoms with Gasteiger partial charge in [-0.2, -0.15) is 0 Å². The van der Waals surface area contributed by atoms with E-state index in [1.807, 2.05) is 6.92 Å². The molecule has 5 N–H and O–H groups in total. The number of carboxylic acid groups (broad SMARTS) is 1. The summed E-state index contributed by atoms with van der Waals surface area (Å²) in [5, 5.41) is 20.5. The summed E-state index contributed by atoms with van der Waals surface area (Å²) in [6.07, 6.45) is 1.22. The number of aliphatic hydroxyl groups excluding tert-OH is 1. The molecule has 0 bridgehead atoms. The largest absolute Gasteiger partial charge is 0.480 e. The highest BCUT2D eigenvalue weighted by atomic mass is 16.4. The quantitative estimate of drug-likeness (QED) is 0.419. The summed E-state index contributed by atoms with van der Waals surface area (Å²) in [4.78, 5) is 10.3. The van der Waals surface area contributed by atoms with Gasteiger partial charge in [0.2, 0.25) is 0 Å². The van der Waals surface area contributed by atoms with Crippen molar-refractivity contribution in [3.63, 3.8) is 0 Å². The van der Waals surface area contributed by atoms with E-state index in [0.717, 1.165) is 12.8 Å². The minimum atomic E-state index is -1.03. The number of aliphatic hydroxyl groups is 1. The average Bonchev–Trinajstić information content (AvgIpc) is 2.04. The second-order valence-electron chi connectivity index (χ2n) is 3.05. The number of nitrogens with one attached hydrogen (secondary N) is 1. The summed E-state index contributed by atoms with van der Waals surface area (Å²) in [6.45, 7) is 2.57. The number of nitrogens with two attached hydrogens (primary N) is 1. The Balaban J connectivity index is 3.39. The van der Waals surface area contributed by atoms with Gasteiger partial charge in [-0.3, -0.25) is 4.79 Å². The fourth-order valence-electron chi connectivity index (χ4n) is 0.928. The first-order valence-electron chi connectivity index (χ1n) is 4.45. The molecule has 78 valence electrons. The highest BCUT2D eigenvalue weighted by Gasteiger charge is 2.10. The van der Waals surface area contributed by atoms with E-state index in [1.165, 1.54) is 0 Å². The number of hydrogen-bond donors (Lipinski definition) is 4. The van der Waals surface area contributed by atoms with Crippen molar-refractivity contribution in [2.24, 2.45) is 5.73 Å². The molecule has 0 saturated carbocycles. The van der Waals surface area contributed by atoms with Crippen LogP contribution in [0.4, 0.5) is 0 Å². The molecule has 5 nitrogen and oxygen atoms in total. The van der Waals surface area contributed by atoms with Crippen molar-refractivity contribution in [3.05, 3.63) is 0 Å². The van der Waals surface area contributed by atoms with Crippen LogP contribution in [-0.4, -0.2) is 41.4 Å². The van der Waals surface area contributed by atoms with Crippen molar-refractivity contribution in [3.8, 4) is 0 Å². The maximum absolute atomic E-state index is 10.3. The molecule has 0 aliphatic rings. The van der Waals surface area contributed by atoms with Crippen LogP contribution in [0.25, 0.3) is 0 Å². The molecule has 0 aromatic rings. The second kappa shape index (κ2) is 6.82. The predicted molar refractivity (Wildman–Crippen MR) is 49.4 cm³/mol. The average molecular weight is 190 g/mol. The highest BCUT2D eigenvalue weighted by molar-refractivity contribution is 5.73. The van der Waals surface area contributed by atoms with Gasteiger partial charge in [0.25, 0.3) is 0 Å². The number of aliphatic carboxylic acids is 1. The first kappa shape index (κ1) is 12.3. The molecule has 0 heterocycles. The molecule has 0 spiro atoms. The molecule has 2 unspecified atom stereocenters. The zero-order valence-electron chi connectivity index (χ0n) is 7.86. The Morgan fingerprint density at radius 1 is 1.54 bits per heavy atom. The molecule has 0 aromatic heterocycles. The Bertz CT molecular complexity index is 152. The van der Waals surface area contributed by atoms with E-state index < -0.39 is 18.1 Å². The maximum Gasteiger partial charge on any atom is 0.321 e. The molecule has 0 aliphatic heterocycles. The summed E-state index contributed by atoms with van der Waals surface area (Å²) < 4.78 is 0. The van der Waals surface area contributed by atoms with Crippen LogP contribution in [0.15, 0.2) is 0 Å². The molecule has 13 heavy (non-hydrogen) atoms. The van der Waals surface area contributed by atoms with Gasteiger partial charge in [0.05, 0.1) is 6.10 Å². The normalized spacial score (nSPS) is 15.3. The summed E-state index contributed by atoms with van der Waals surface area (Å²) in [7, 11) is 0. The smallest absolute Gasteiger partial charge is 0.321 e. The first-order chi connectivity index (χ1) is 6.07. The molecule has 0 fully saturated rings. The molecule has 5 heteroatoms. The molecule has 0 aliphatic carbocycles. The predicted octanol–water partition coefficient (Wildman–Crippen LogP) is -0.851. The zero-order chi connectivity index (χ0) is 10.3. The van der Waals surface area contributed by atoms with Gasteiger partial charge in [0.1, 0.15) is 6.04 Å².